The Kier molecular flexibility index (Phi) is 38.9. The number of carbonyl (C=O) groups excluding carboxylic acids is 3. The standard InChI is InChI=1S/C47H90O6/c1-6-7-8-9-10-11-14-18-21-27-32-37-45(48)51-40-44(53-47(50)39-34-29-24-23-26-31-36-43(4)5)41-52-46(49)38-33-28-22-19-16-13-12-15-17-20-25-30-35-42(2)3/h42-44H,6-41H2,1-5H3/t44-/m0/s1. The lowest BCUT2D eigenvalue weighted by atomic mass is 10.0. The Balaban J connectivity index is 4.28. The van der Waals surface area contributed by atoms with Crippen molar-refractivity contribution in [2.24, 2.45) is 11.8 Å². The van der Waals surface area contributed by atoms with Crippen molar-refractivity contribution in [3.05, 3.63) is 0 Å². The van der Waals surface area contributed by atoms with Crippen molar-refractivity contribution >= 4 is 17.9 Å². The molecule has 0 spiro atoms. The monoisotopic (exact) mass is 751 g/mol. The minimum Gasteiger partial charge on any atom is -0.462 e. The van der Waals surface area contributed by atoms with Gasteiger partial charge in [0, 0.05) is 19.3 Å². The molecule has 0 unspecified atom stereocenters. The van der Waals surface area contributed by atoms with E-state index in [9.17, 15) is 14.4 Å². The van der Waals surface area contributed by atoms with Crippen LogP contribution in [0.4, 0.5) is 0 Å². The van der Waals surface area contributed by atoms with Crippen molar-refractivity contribution in [2.45, 2.75) is 259 Å². The first-order chi connectivity index (χ1) is 25.7. The molecule has 0 saturated carbocycles. The van der Waals surface area contributed by atoms with Crippen LogP contribution in [0.2, 0.25) is 0 Å². The number of hydrogen-bond donors (Lipinski definition) is 0. The second-order valence-corrected chi connectivity index (χ2v) is 17.0. The average molecular weight is 751 g/mol. The van der Waals surface area contributed by atoms with Crippen molar-refractivity contribution in [2.75, 3.05) is 13.2 Å². The third kappa shape index (κ3) is 41.4. The first-order valence-electron chi connectivity index (χ1n) is 23.2. The maximum atomic E-state index is 12.7. The van der Waals surface area contributed by atoms with Crippen molar-refractivity contribution < 1.29 is 28.6 Å². The van der Waals surface area contributed by atoms with Crippen molar-refractivity contribution in [3.63, 3.8) is 0 Å². The third-order valence-electron chi connectivity index (χ3n) is 10.5. The van der Waals surface area contributed by atoms with E-state index in [1.165, 1.54) is 141 Å². The van der Waals surface area contributed by atoms with Gasteiger partial charge in [0.1, 0.15) is 13.2 Å². The molecule has 314 valence electrons. The van der Waals surface area contributed by atoms with Crippen molar-refractivity contribution in [1.29, 1.82) is 0 Å². The predicted molar refractivity (Wildman–Crippen MR) is 224 cm³/mol. The molecule has 0 heterocycles. The molecule has 0 radical (unpaired) electrons. The van der Waals surface area contributed by atoms with Gasteiger partial charge in [-0.1, -0.05) is 214 Å². The van der Waals surface area contributed by atoms with Gasteiger partial charge in [0.25, 0.3) is 0 Å². The van der Waals surface area contributed by atoms with Crippen LogP contribution in [0.25, 0.3) is 0 Å². The van der Waals surface area contributed by atoms with Gasteiger partial charge >= 0.3 is 17.9 Å². The topological polar surface area (TPSA) is 78.9 Å². The Hall–Kier alpha value is -1.59. The van der Waals surface area contributed by atoms with Crippen LogP contribution in [0.5, 0.6) is 0 Å². The summed E-state index contributed by atoms with van der Waals surface area (Å²) in [4.78, 5) is 37.7. The molecule has 0 aliphatic heterocycles. The van der Waals surface area contributed by atoms with Gasteiger partial charge < -0.3 is 14.2 Å². The lowest BCUT2D eigenvalue weighted by Crippen LogP contribution is -2.30. The zero-order valence-electron chi connectivity index (χ0n) is 36.1. The highest BCUT2D eigenvalue weighted by Gasteiger charge is 2.19. The summed E-state index contributed by atoms with van der Waals surface area (Å²) in [7, 11) is 0. The molecule has 0 aliphatic rings. The summed E-state index contributed by atoms with van der Waals surface area (Å²) in [5, 5.41) is 0. The molecule has 0 aromatic rings. The molecule has 0 N–H and O–H groups in total. The molecule has 0 aliphatic carbocycles. The van der Waals surface area contributed by atoms with Gasteiger partial charge in [0.2, 0.25) is 0 Å². The number of carbonyl (C=O) groups is 3. The largest absolute Gasteiger partial charge is 0.462 e. The van der Waals surface area contributed by atoms with E-state index in [4.69, 9.17) is 14.2 Å². The van der Waals surface area contributed by atoms with Crippen LogP contribution in [0.15, 0.2) is 0 Å². The van der Waals surface area contributed by atoms with Crippen LogP contribution in [-0.2, 0) is 28.6 Å². The molecule has 1 atom stereocenters. The predicted octanol–water partition coefficient (Wildman–Crippen LogP) is 14.6. The summed E-state index contributed by atoms with van der Waals surface area (Å²) < 4.78 is 16.7. The molecule has 0 aromatic carbocycles. The molecule has 53 heavy (non-hydrogen) atoms. The van der Waals surface area contributed by atoms with Crippen LogP contribution >= 0.6 is 0 Å². The Morgan fingerprint density at radius 1 is 0.358 bits per heavy atom. The van der Waals surface area contributed by atoms with E-state index < -0.39 is 6.10 Å². The van der Waals surface area contributed by atoms with E-state index in [-0.39, 0.29) is 31.1 Å². The molecular weight excluding hydrogens is 661 g/mol. The first kappa shape index (κ1) is 51.4. The van der Waals surface area contributed by atoms with Crippen LogP contribution < -0.4 is 0 Å². The lowest BCUT2D eigenvalue weighted by Gasteiger charge is -2.18. The minimum atomic E-state index is -0.760. The molecule has 0 bridgehead atoms. The number of hydrogen-bond acceptors (Lipinski definition) is 6. The Labute approximate surface area is 329 Å². The summed E-state index contributed by atoms with van der Waals surface area (Å²) in [6.07, 6.45) is 38.1. The first-order valence-corrected chi connectivity index (χ1v) is 23.2. The zero-order valence-corrected chi connectivity index (χ0v) is 36.1. The van der Waals surface area contributed by atoms with Gasteiger partial charge in [-0.15, -0.1) is 0 Å². The number of ether oxygens (including phenoxy) is 3. The summed E-state index contributed by atoms with van der Waals surface area (Å²) in [5.74, 6) is 0.732. The van der Waals surface area contributed by atoms with Gasteiger partial charge in [-0.3, -0.25) is 14.4 Å². The van der Waals surface area contributed by atoms with E-state index in [0.29, 0.717) is 19.3 Å². The quantitative estimate of drug-likeness (QED) is 0.0352. The number of rotatable bonds is 41. The van der Waals surface area contributed by atoms with E-state index in [0.717, 1.165) is 69.6 Å². The zero-order chi connectivity index (χ0) is 39.0. The SMILES string of the molecule is CCCCCCCCCCCCCC(=O)OC[C@@H](COC(=O)CCCCCCCCCCCCCCC(C)C)OC(=O)CCCCCCCCC(C)C. The highest BCUT2D eigenvalue weighted by Crippen LogP contribution is 2.16. The molecule has 0 amide bonds. The fourth-order valence-electron chi connectivity index (χ4n) is 6.93. The second kappa shape index (κ2) is 40.1. The fraction of sp³-hybridized carbons (Fsp3) is 0.936. The van der Waals surface area contributed by atoms with E-state index in [2.05, 4.69) is 34.6 Å². The van der Waals surface area contributed by atoms with E-state index in [1.807, 2.05) is 0 Å². The highest BCUT2D eigenvalue weighted by molar-refractivity contribution is 5.71. The van der Waals surface area contributed by atoms with Crippen LogP contribution in [-0.4, -0.2) is 37.2 Å². The average Bonchev–Trinajstić information content (AvgIpc) is 3.12. The van der Waals surface area contributed by atoms with Gasteiger partial charge in [-0.05, 0) is 31.1 Å². The minimum absolute atomic E-state index is 0.0656. The lowest BCUT2D eigenvalue weighted by molar-refractivity contribution is -0.167. The van der Waals surface area contributed by atoms with Gasteiger partial charge in [-0.25, -0.2) is 0 Å². The van der Waals surface area contributed by atoms with Crippen LogP contribution in [0.3, 0.4) is 0 Å². The normalized spacial score (nSPS) is 12.1. The highest BCUT2D eigenvalue weighted by atomic mass is 16.6. The molecular formula is C47H90O6. The maximum absolute atomic E-state index is 12.7. The molecule has 6 nitrogen and oxygen atoms in total. The van der Waals surface area contributed by atoms with Gasteiger partial charge in [0.05, 0.1) is 0 Å². The van der Waals surface area contributed by atoms with Crippen molar-refractivity contribution in [3.8, 4) is 0 Å². The molecule has 6 heteroatoms. The summed E-state index contributed by atoms with van der Waals surface area (Å²) in [6, 6.07) is 0. The molecule has 0 fully saturated rings. The Morgan fingerprint density at radius 3 is 0.925 bits per heavy atom. The smallest absolute Gasteiger partial charge is 0.306 e. The summed E-state index contributed by atoms with van der Waals surface area (Å²) in [5.41, 5.74) is 0. The van der Waals surface area contributed by atoms with Crippen LogP contribution in [0, 0.1) is 11.8 Å². The van der Waals surface area contributed by atoms with Gasteiger partial charge in [0.15, 0.2) is 6.10 Å². The number of esters is 3. The third-order valence-corrected chi connectivity index (χ3v) is 10.5. The van der Waals surface area contributed by atoms with E-state index >= 15 is 0 Å². The molecule has 0 aromatic heterocycles. The molecule has 0 saturated heterocycles. The second-order valence-electron chi connectivity index (χ2n) is 17.0. The summed E-state index contributed by atoms with van der Waals surface area (Å²) in [6.45, 7) is 11.3. The molecule has 0 rings (SSSR count). The van der Waals surface area contributed by atoms with E-state index in [1.54, 1.807) is 0 Å². The van der Waals surface area contributed by atoms with Gasteiger partial charge in [-0.2, -0.15) is 0 Å². The Morgan fingerprint density at radius 2 is 0.623 bits per heavy atom. The fourth-order valence-corrected chi connectivity index (χ4v) is 6.93. The van der Waals surface area contributed by atoms with Crippen LogP contribution in [0.1, 0.15) is 253 Å². The number of unbranched alkanes of at least 4 members (excludes halogenated alkanes) is 26. The Bertz CT molecular complexity index is 809. The van der Waals surface area contributed by atoms with Crippen molar-refractivity contribution in [1.82, 2.24) is 0 Å². The summed E-state index contributed by atoms with van der Waals surface area (Å²) >= 11 is 0. The maximum Gasteiger partial charge on any atom is 0.306 e.